The Balaban J connectivity index is 2.39. The number of nitrogens with one attached hydrogen (secondary N) is 1. The van der Waals surface area contributed by atoms with E-state index in [0.717, 1.165) is 19.6 Å². The largest absolute Gasteiger partial charge is 0.354 e. The number of nitrogens with zero attached hydrogens (tertiary/aromatic N) is 1. The fourth-order valence-electron chi connectivity index (χ4n) is 1.97. The third-order valence-electron chi connectivity index (χ3n) is 3.31. The Kier molecular flexibility index (Phi) is 4.74. The molecule has 0 bridgehead atoms. The maximum absolute atomic E-state index is 11.9. The Labute approximate surface area is 98.6 Å². The van der Waals surface area contributed by atoms with Gasteiger partial charge in [-0.15, -0.1) is 0 Å². The summed E-state index contributed by atoms with van der Waals surface area (Å²) >= 11 is 0. The van der Waals surface area contributed by atoms with Crippen molar-refractivity contribution in [1.82, 2.24) is 10.2 Å². The summed E-state index contributed by atoms with van der Waals surface area (Å²) in [6, 6.07) is 0.148. The number of rotatable bonds is 4. The highest BCUT2D eigenvalue weighted by atomic mass is 16.2. The number of carbonyl (C=O) groups excluding carboxylic acids is 1. The molecule has 1 rings (SSSR count). The van der Waals surface area contributed by atoms with Crippen LogP contribution < -0.4 is 11.1 Å². The number of nitrogens with two attached hydrogens (primary N) is 1. The lowest BCUT2D eigenvalue weighted by Gasteiger charge is -2.23. The minimum atomic E-state index is -0.0604. The van der Waals surface area contributed by atoms with Crippen LogP contribution in [0.3, 0.4) is 0 Å². The van der Waals surface area contributed by atoms with Crippen molar-refractivity contribution in [2.45, 2.75) is 39.8 Å². The van der Waals surface area contributed by atoms with Gasteiger partial charge in [0.2, 0.25) is 5.91 Å². The van der Waals surface area contributed by atoms with Crippen LogP contribution in [0.4, 0.5) is 0 Å². The zero-order chi connectivity index (χ0) is 12.3. The fraction of sp³-hybridized carbons (Fsp3) is 0.917. The number of amides is 1. The summed E-state index contributed by atoms with van der Waals surface area (Å²) in [5, 5.41) is 2.97. The third-order valence-corrected chi connectivity index (χ3v) is 3.31. The van der Waals surface area contributed by atoms with Gasteiger partial charge in [0.15, 0.2) is 0 Å². The summed E-state index contributed by atoms with van der Waals surface area (Å²) in [7, 11) is 0. The highest BCUT2D eigenvalue weighted by Crippen LogP contribution is 2.17. The number of hydrogen-bond acceptors (Lipinski definition) is 3. The molecule has 0 aliphatic carbocycles. The lowest BCUT2D eigenvalue weighted by molar-refractivity contribution is -0.125. The average Bonchev–Trinajstić information content (AvgIpc) is 2.54. The summed E-state index contributed by atoms with van der Waals surface area (Å²) in [6.45, 7) is 10.8. The van der Waals surface area contributed by atoms with Gasteiger partial charge in [-0.25, -0.2) is 0 Å². The topological polar surface area (TPSA) is 58.4 Å². The summed E-state index contributed by atoms with van der Waals surface area (Å²) in [4.78, 5) is 14.0. The summed E-state index contributed by atoms with van der Waals surface area (Å²) < 4.78 is 0. The van der Waals surface area contributed by atoms with Gasteiger partial charge in [-0.1, -0.05) is 20.8 Å². The maximum Gasteiger partial charge on any atom is 0.237 e. The Morgan fingerprint density at radius 2 is 2.06 bits per heavy atom. The SMILES string of the molecule is CC(C)CNC(=O)C(C)N1CC(C)C(N)C1. The van der Waals surface area contributed by atoms with Crippen molar-refractivity contribution < 1.29 is 4.79 Å². The standard InChI is InChI=1S/C12H25N3O/c1-8(2)5-14-12(16)10(4)15-6-9(3)11(13)7-15/h8-11H,5-7,13H2,1-4H3,(H,14,16). The van der Waals surface area contributed by atoms with E-state index in [1.165, 1.54) is 0 Å². The molecule has 1 aliphatic heterocycles. The van der Waals surface area contributed by atoms with Gasteiger partial charge in [0.25, 0.3) is 0 Å². The molecule has 4 heteroatoms. The first-order valence-electron chi connectivity index (χ1n) is 6.19. The van der Waals surface area contributed by atoms with Crippen LogP contribution in [-0.4, -0.2) is 42.5 Å². The van der Waals surface area contributed by atoms with Crippen LogP contribution in [0.2, 0.25) is 0 Å². The van der Waals surface area contributed by atoms with E-state index in [1.807, 2.05) is 6.92 Å². The summed E-state index contributed by atoms with van der Waals surface area (Å²) in [6.07, 6.45) is 0. The van der Waals surface area contributed by atoms with Crippen LogP contribution >= 0.6 is 0 Å². The number of carbonyl (C=O) groups is 1. The van der Waals surface area contributed by atoms with E-state index < -0.39 is 0 Å². The molecule has 94 valence electrons. The fourth-order valence-corrected chi connectivity index (χ4v) is 1.97. The molecule has 4 nitrogen and oxygen atoms in total. The second kappa shape index (κ2) is 5.64. The predicted molar refractivity (Wildman–Crippen MR) is 66.0 cm³/mol. The molecule has 3 N–H and O–H groups in total. The Bertz CT molecular complexity index is 232. The molecule has 3 atom stereocenters. The number of likely N-dealkylation sites (tertiary alicyclic amines) is 1. The zero-order valence-electron chi connectivity index (χ0n) is 10.9. The van der Waals surface area contributed by atoms with Crippen molar-refractivity contribution in [3.63, 3.8) is 0 Å². The lowest BCUT2D eigenvalue weighted by atomic mass is 10.1. The van der Waals surface area contributed by atoms with Crippen molar-refractivity contribution >= 4 is 5.91 Å². The molecular weight excluding hydrogens is 202 g/mol. The molecule has 0 aromatic carbocycles. The van der Waals surface area contributed by atoms with Gasteiger partial charge >= 0.3 is 0 Å². The first-order valence-corrected chi connectivity index (χ1v) is 6.19. The van der Waals surface area contributed by atoms with Crippen LogP contribution in [0.25, 0.3) is 0 Å². The minimum Gasteiger partial charge on any atom is -0.354 e. The first-order chi connectivity index (χ1) is 7.41. The van der Waals surface area contributed by atoms with Gasteiger partial charge in [-0.3, -0.25) is 9.69 Å². The highest BCUT2D eigenvalue weighted by molar-refractivity contribution is 5.81. The van der Waals surface area contributed by atoms with E-state index in [1.54, 1.807) is 0 Å². The molecule has 0 radical (unpaired) electrons. The smallest absolute Gasteiger partial charge is 0.237 e. The number of hydrogen-bond donors (Lipinski definition) is 2. The van der Waals surface area contributed by atoms with Crippen molar-refractivity contribution in [2.75, 3.05) is 19.6 Å². The van der Waals surface area contributed by atoms with Gasteiger partial charge < -0.3 is 11.1 Å². The van der Waals surface area contributed by atoms with E-state index in [2.05, 4.69) is 31.0 Å². The van der Waals surface area contributed by atoms with E-state index in [0.29, 0.717) is 11.8 Å². The van der Waals surface area contributed by atoms with Crippen LogP contribution in [-0.2, 0) is 4.79 Å². The van der Waals surface area contributed by atoms with E-state index in [-0.39, 0.29) is 18.0 Å². The van der Waals surface area contributed by atoms with Gasteiger partial charge in [0, 0.05) is 25.7 Å². The molecule has 0 aromatic rings. The summed E-state index contributed by atoms with van der Waals surface area (Å²) in [5.74, 6) is 1.10. The normalized spacial score (nSPS) is 28.4. The second-order valence-corrected chi connectivity index (χ2v) is 5.41. The lowest BCUT2D eigenvalue weighted by Crippen LogP contribution is -2.45. The van der Waals surface area contributed by atoms with Crippen molar-refractivity contribution in [2.24, 2.45) is 17.6 Å². The minimum absolute atomic E-state index is 0.0604. The Hall–Kier alpha value is -0.610. The molecule has 1 amide bonds. The van der Waals surface area contributed by atoms with Crippen LogP contribution in [0, 0.1) is 11.8 Å². The molecule has 16 heavy (non-hydrogen) atoms. The van der Waals surface area contributed by atoms with Crippen LogP contribution in [0.5, 0.6) is 0 Å². The van der Waals surface area contributed by atoms with Crippen LogP contribution in [0.15, 0.2) is 0 Å². The first kappa shape index (κ1) is 13.5. The molecule has 3 unspecified atom stereocenters. The Morgan fingerprint density at radius 3 is 2.50 bits per heavy atom. The third kappa shape index (κ3) is 3.46. The monoisotopic (exact) mass is 227 g/mol. The molecule has 0 aromatic heterocycles. The molecule has 1 fully saturated rings. The Morgan fingerprint density at radius 1 is 1.44 bits per heavy atom. The molecule has 1 saturated heterocycles. The molecular formula is C12H25N3O. The van der Waals surface area contributed by atoms with Crippen molar-refractivity contribution in [3.8, 4) is 0 Å². The molecule has 0 saturated carbocycles. The van der Waals surface area contributed by atoms with Gasteiger partial charge in [-0.05, 0) is 18.8 Å². The van der Waals surface area contributed by atoms with Gasteiger partial charge in [-0.2, -0.15) is 0 Å². The van der Waals surface area contributed by atoms with Crippen LogP contribution in [0.1, 0.15) is 27.7 Å². The summed E-state index contributed by atoms with van der Waals surface area (Å²) in [5.41, 5.74) is 5.96. The highest BCUT2D eigenvalue weighted by Gasteiger charge is 2.32. The second-order valence-electron chi connectivity index (χ2n) is 5.41. The van der Waals surface area contributed by atoms with E-state index >= 15 is 0 Å². The van der Waals surface area contributed by atoms with E-state index in [4.69, 9.17) is 5.73 Å². The van der Waals surface area contributed by atoms with E-state index in [9.17, 15) is 4.79 Å². The average molecular weight is 227 g/mol. The molecule has 1 aliphatic rings. The molecule has 1 heterocycles. The quantitative estimate of drug-likeness (QED) is 0.732. The maximum atomic E-state index is 11.9. The van der Waals surface area contributed by atoms with Crippen molar-refractivity contribution in [1.29, 1.82) is 0 Å². The van der Waals surface area contributed by atoms with Crippen molar-refractivity contribution in [3.05, 3.63) is 0 Å². The predicted octanol–water partition coefficient (Wildman–Crippen LogP) is 0.426. The van der Waals surface area contributed by atoms with Gasteiger partial charge in [0.05, 0.1) is 6.04 Å². The zero-order valence-corrected chi connectivity index (χ0v) is 10.9. The molecule has 0 spiro atoms. The van der Waals surface area contributed by atoms with Gasteiger partial charge in [0.1, 0.15) is 0 Å².